The second-order valence-corrected chi connectivity index (χ2v) is 3.67. The molecular formula is C11H11NO4. The first-order valence-corrected chi connectivity index (χ1v) is 4.93. The van der Waals surface area contributed by atoms with Gasteiger partial charge >= 0.3 is 5.97 Å². The van der Waals surface area contributed by atoms with Crippen molar-refractivity contribution in [3.63, 3.8) is 0 Å². The average molecular weight is 221 g/mol. The van der Waals surface area contributed by atoms with Crippen LogP contribution >= 0.6 is 0 Å². The van der Waals surface area contributed by atoms with Crippen LogP contribution in [-0.4, -0.2) is 28.1 Å². The number of amides is 1. The lowest BCUT2D eigenvalue weighted by Crippen LogP contribution is -2.38. The van der Waals surface area contributed by atoms with Crippen LogP contribution in [-0.2, 0) is 9.59 Å². The molecule has 0 bridgehead atoms. The van der Waals surface area contributed by atoms with Gasteiger partial charge in [0.05, 0.1) is 0 Å². The van der Waals surface area contributed by atoms with Crippen molar-refractivity contribution in [1.82, 2.24) is 0 Å². The molecule has 0 aliphatic carbocycles. The van der Waals surface area contributed by atoms with E-state index < -0.39 is 12.0 Å². The summed E-state index contributed by atoms with van der Waals surface area (Å²) in [5, 5.41) is 18.1. The summed E-state index contributed by atoms with van der Waals surface area (Å²) in [4.78, 5) is 23.8. The third-order valence-corrected chi connectivity index (χ3v) is 2.62. The van der Waals surface area contributed by atoms with E-state index in [1.807, 2.05) is 0 Å². The highest BCUT2D eigenvalue weighted by Crippen LogP contribution is 2.27. The number of rotatable bonds is 2. The van der Waals surface area contributed by atoms with Crippen molar-refractivity contribution in [2.24, 2.45) is 0 Å². The fraction of sp³-hybridized carbons (Fsp3) is 0.273. The molecule has 5 heteroatoms. The maximum absolute atomic E-state index is 11.6. The molecule has 2 N–H and O–H groups in total. The second-order valence-electron chi connectivity index (χ2n) is 3.67. The van der Waals surface area contributed by atoms with Gasteiger partial charge in [-0.05, 0) is 30.7 Å². The maximum atomic E-state index is 11.6. The number of carbonyl (C=O) groups excluding carboxylic acids is 1. The Labute approximate surface area is 91.9 Å². The van der Waals surface area contributed by atoms with Crippen molar-refractivity contribution in [2.75, 3.05) is 4.90 Å². The number of carboxylic acid groups (broad SMARTS) is 1. The predicted octanol–water partition coefficient (Wildman–Crippen LogP) is 0.972. The molecule has 1 atom stereocenters. The molecular weight excluding hydrogens is 210 g/mol. The van der Waals surface area contributed by atoms with Crippen molar-refractivity contribution in [1.29, 1.82) is 0 Å². The lowest BCUT2D eigenvalue weighted by Gasteiger charge is -2.21. The standard InChI is InChI=1S/C11H11NO4/c13-8-3-1-7(2-4-8)12-9(11(15)16)5-6-10(12)14/h1-4,9,13H,5-6H2,(H,15,16)/t9-/m0/s1. The van der Waals surface area contributed by atoms with E-state index in [9.17, 15) is 9.59 Å². The van der Waals surface area contributed by atoms with Gasteiger partial charge in [-0.15, -0.1) is 0 Å². The number of aromatic hydroxyl groups is 1. The van der Waals surface area contributed by atoms with Crippen molar-refractivity contribution in [2.45, 2.75) is 18.9 Å². The molecule has 1 aliphatic rings. The van der Waals surface area contributed by atoms with Crippen molar-refractivity contribution >= 4 is 17.6 Å². The molecule has 1 aromatic rings. The summed E-state index contributed by atoms with van der Waals surface area (Å²) in [5.74, 6) is -1.11. The molecule has 0 unspecified atom stereocenters. The summed E-state index contributed by atoms with van der Waals surface area (Å²) in [6.45, 7) is 0. The average Bonchev–Trinajstić information content (AvgIpc) is 2.62. The van der Waals surface area contributed by atoms with Crippen LogP contribution in [0.15, 0.2) is 24.3 Å². The van der Waals surface area contributed by atoms with Gasteiger partial charge in [-0.3, -0.25) is 9.69 Å². The molecule has 1 aliphatic heterocycles. The van der Waals surface area contributed by atoms with Gasteiger partial charge < -0.3 is 10.2 Å². The molecule has 0 aromatic heterocycles. The molecule has 16 heavy (non-hydrogen) atoms. The monoisotopic (exact) mass is 221 g/mol. The lowest BCUT2D eigenvalue weighted by atomic mass is 10.2. The minimum Gasteiger partial charge on any atom is -0.508 e. The normalized spacial score (nSPS) is 20.1. The van der Waals surface area contributed by atoms with E-state index in [0.29, 0.717) is 12.1 Å². The van der Waals surface area contributed by atoms with Crippen LogP contribution in [0.1, 0.15) is 12.8 Å². The van der Waals surface area contributed by atoms with E-state index >= 15 is 0 Å². The molecule has 5 nitrogen and oxygen atoms in total. The van der Waals surface area contributed by atoms with E-state index in [4.69, 9.17) is 10.2 Å². The van der Waals surface area contributed by atoms with Gasteiger partial charge in [0, 0.05) is 12.1 Å². The Hall–Kier alpha value is -2.04. The summed E-state index contributed by atoms with van der Waals surface area (Å²) in [5.41, 5.74) is 0.507. The van der Waals surface area contributed by atoms with E-state index in [2.05, 4.69) is 0 Å². The molecule has 2 rings (SSSR count). The van der Waals surface area contributed by atoms with Crippen LogP contribution in [0.3, 0.4) is 0 Å². The Morgan fingerprint density at radius 2 is 1.94 bits per heavy atom. The fourth-order valence-corrected chi connectivity index (χ4v) is 1.85. The summed E-state index contributed by atoms with van der Waals surface area (Å²) in [7, 11) is 0. The molecule has 1 saturated heterocycles. The molecule has 1 amide bonds. The van der Waals surface area contributed by atoms with E-state index in [1.165, 1.54) is 29.2 Å². The van der Waals surface area contributed by atoms with E-state index in [-0.39, 0.29) is 18.1 Å². The lowest BCUT2D eigenvalue weighted by molar-refractivity contribution is -0.138. The van der Waals surface area contributed by atoms with Crippen LogP contribution < -0.4 is 4.90 Å². The summed E-state index contributed by atoms with van der Waals surface area (Å²) in [6, 6.07) is 5.14. The van der Waals surface area contributed by atoms with Gasteiger partial charge in [-0.1, -0.05) is 0 Å². The largest absolute Gasteiger partial charge is 0.508 e. The number of hydrogen-bond acceptors (Lipinski definition) is 3. The first-order chi connectivity index (χ1) is 7.59. The second kappa shape index (κ2) is 3.84. The highest BCUT2D eigenvalue weighted by Gasteiger charge is 2.36. The topological polar surface area (TPSA) is 77.8 Å². The van der Waals surface area contributed by atoms with Crippen molar-refractivity contribution in [3.05, 3.63) is 24.3 Å². The molecule has 0 saturated carbocycles. The highest BCUT2D eigenvalue weighted by atomic mass is 16.4. The zero-order chi connectivity index (χ0) is 11.7. The van der Waals surface area contributed by atoms with Crippen LogP contribution in [0, 0.1) is 0 Å². The first kappa shape index (κ1) is 10.5. The third kappa shape index (κ3) is 1.71. The smallest absolute Gasteiger partial charge is 0.326 e. The Bertz CT molecular complexity index is 426. The number of hydrogen-bond donors (Lipinski definition) is 2. The Morgan fingerprint density at radius 1 is 1.31 bits per heavy atom. The predicted molar refractivity (Wildman–Crippen MR) is 56.3 cm³/mol. The fourth-order valence-electron chi connectivity index (χ4n) is 1.85. The molecule has 84 valence electrons. The number of phenolic OH excluding ortho intramolecular Hbond substituents is 1. The highest BCUT2D eigenvalue weighted by molar-refractivity contribution is 6.02. The number of carboxylic acids is 1. The van der Waals surface area contributed by atoms with E-state index in [1.54, 1.807) is 0 Å². The van der Waals surface area contributed by atoms with Gasteiger partial charge in [-0.25, -0.2) is 4.79 Å². The molecule has 1 heterocycles. The first-order valence-electron chi connectivity index (χ1n) is 4.93. The van der Waals surface area contributed by atoms with Crippen LogP contribution in [0.5, 0.6) is 5.75 Å². The molecule has 1 aromatic carbocycles. The zero-order valence-corrected chi connectivity index (χ0v) is 8.46. The number of benzene rings is 1. The Balaban J connectivity index is 2.33. The van der Waals surface area contributed by atoms with Crippen LogP contribution in [0.2, 0.25) is 0 Å². The Morgan fingerprint density at radius 3 is 2.50 bits per heavy atom. The maximum Gasteiger partial charge on any atom is 0.326 e. The third-order valence-electron chi connectivity index (χ3n) is 2.62. The van der Waals surface area contributed by atoms with Gasteiger partial charge in [0.25, 0.3) is 0 Å². The Kier molecular flexibility index (Phi) is 2.52. The van der Waals surface area contributed by atoms with Crippen LogP contribution in [0.4, 0.5) is 5.69 Å². The number of phenols is 1. The SMILES string of the molecule is O=C(O)[C@@H]1CCC(=O)N1c1ccc(O)cc1. The quantitative estimate of drug-likeness (QED) is 0.780. The van der Waals surface area contributed by atoms with Crippen molar-refractivity contribution < 1.29 is 19.8 Å². The number of nitrogens with zero attached hydrogens (tertiary/aromatic N) is 1. The summed E-state index contributed by atoms with van der Waals surface area (Å²) < 4.78 is 0. The number of carbonyl (C=O) groups is 2. The van der Waals surface area contributed by atoms with Gasteiger partial charge in [-0.2, -0.15) is 0 Å². The minimum atomic E-state index is -1.00. The zero-order valence-electron chi connectivity index (χ0n) is 8.46. The van der Waals surface area contributed by atoms with Crippen LogP contribution in [0.25, 0.3) is 0 Å². The van der Waals surface area contributed by atoms with Gasteiger partial charge in [0.2, 0.25) is 5.91 Å². The van der Waals surface area contributed by atoms with E-state index in [0.717, 1.165) is 0 Å². The van der Waals surface area contributed by atoms with Gasteiger partial charge in [0.15, 0.2) is 0 Å². The van der Waals surface area contributed by atoms with Gasteiger partial charge in [0.1, 0.15) is 11.8 Å². The molecule has 0 radical (unpaired) electrons. The summed E-state index contributed by atoms with van der Waals surface area (Å²) in [6.07, 6.45) is 0.576. The van der Waals surface area contributed by atoms with Crippen molar-refractivity contribution in [3.8, 4) is 5.75 Å². The molecule has 0 spiro atoms. The minimum absolute atomic E-state index is 0.0854. The number of aliphatic carboxylic acids is 1. The summed E-state index contributed by atoms with van der Waals surface area (Å²) >= 11 is 0. The number of anilines is 1. The molecule has 1 fully saturated rings.